The summed E-state index contributed by atoms with van der Waals surface area (Å²) in [7, 11) is 1.54. The summed E-state index contributed by atoms with van der Waals surface area (Å²) in [4.78, 5) is 145. The zero-order valence-electron chi connectivity index (χ0n) is 50.7. The number of aromatic hydroxyl groups is 1. The van der Waals surface area contributed by atoms with Crippen LogP contribution in [0.25, 0.3) is 10.9 Å². The smallest absolute Gasteiger partial charge is 0.246 e. The molecule has 2 fully saturated rings. The van der Waals surface area contributed by atoms with Gasteiger partial charge in [0.2, 0.25) is 41.4 Å². The highest BCUT2D eigenvalue weighted by molar-refractivity contribution is 8.00. The molecule has 1 aliphatic heterocycles. The number of phenolic OH excluding ortho intramolecular Hbond substituents is 1. The summed E-state index contributed by atoms with van der Waals surface area (Å²) in [5.74, 6) is -8.03. The molecule has 7 amide bonds. The number of phenols is 1. The Morgan fingerprint density at radius 1 is 0.782 bits per heavy atom. The number of H-pyrrole nitrogens is 1. The lowest BCUT2D eigenvalue weighted by Crippen LogP contribution is -2.56. The molecule has 5 rings (SSSR count). The quantitative estimate of drug-likeness (QED) is 0.0226. The van der Waals surface area contributed by atoms with E-state index in [0.29, 0.717) is 43.5 Å². The molecule has 1 saturated heterocycles. The number of nitrogens with zero attached hydrogens (tertiary/aromatic N) is 2. The summed E-state index contributed by atoms with van der Waals surface area (Å²) < 4.78 is 0. The van der Waals surface area contributed by atoms with Gasteiger partial charge in [-0.05, 0) is 85.9 Å². The summed E-state index contributed by atoms with van der Waals surface area (Å²) in [5, 5.41) is 45.6. The maximum atomic E-state index is 14.4. The molecule has 2 aliphatic rings. The van der Waals surface area contributed by atoms with Crippen LogP contribution < -0.4 is 43.8 Å². The van der Waals surface area contributed by atoms with E-state index in [0.717, 1.165) is 53.5 Å². The molecule has 0 unspecified atom stereocenters. The van der Waals surface area contributed by atoms with Crippen molar-refractivity contribution in [3.05, 3.63) is 65.9 Å². The molecule has 2 heterocycles. The number of aliphatic hydroxyl groups is 2. The van der Waals surface area contributed by atoms with E-state index >= 15 is 0 Å². The van der Waals surface area contributed by atoms with Gasteiger partial charge in [-0.1, -0.05) is 76.3 Å². The molecule has 10 atom stereocenters. The highest BCUT2D eigenvalue weighted by Gasteiger charge is 2.43. The lowest BCUT2D eigenvalue weighted by atomic mass is 9.83. The van der Waals surface area contributed by atoms with Gasteiger partial charge in [-0.15, -0.1) is 0 Å². The lowest BCUT2D eigenvalue weighted by Gasteiger charge is -2.30. The highest BCUT2D eigenvalue weighted by Crippen LogP contribution is 2.30. The number of likely N-dealkylation sites (tertiary alicyclic amines) is 1. The van der Waals surface area contributed by atoms with Crippen LogP contribution in [0.1, 0.15) is 135 Å². The zero-order valence-corrected chi connectivity index (χ0v) is 51.5. The van der Waals surface area contributed by atoms with E-state index in [1.807, 2.05) is 38.1 Å². The number of aliphatic hydroxyl groups excluding tert-OH is 2. The third kappa shape index (κ3) is 22.7. The van der Waals surface area contributed by atoms with E-state index in [1.54, 1.807) is 18.3 Å². The second kappa shape index (κ2) is 34.8. The molecule has 1 saturated carbocycles. The van der Waals surface area contributed by atoms with Crippen molar-refractivity contribution in [3.8, 4) is 5.75 Å². The van der Waals surface area contributed by atoms with Crippen molar-refractivity contribution in [2.75, 3.05) is 25.9 Å². The largest absolute Gasteiger partial charge is 0.508 e. The molecule has 3 aromatic rings. The predicted octanol–water partition coefficient (Wildman–Crippen LogP) is 2.25. The van der Waals surface area contributed by atoms with Crippen LogP contribution >= 0.6 is 11.8 Å². The Morgan fingerprint density at radius 2 is 1.47 bits per heavy atom. The van der Waals surface area contributed by atoms with Crippen LogP contribution in [0.15, 0.2) is 59.7 Å². The molecule has 0 spiro atoms. The van der Waals surface area contributed by atoms with Crippen LogP contribution in [0.5, 0.6) is 5.75 Å². The van der Waals surface area contributed by atoms with E-state index in [4.69, 9.17) is 17.2 Å². The molecule has 15 N–H and O–H groups in total. The van der Waals surface area contributed by atoms with Crippen LogP contribution in [-0.2, 0) is 60.8 Å². The lowest BCUT2D eigenvalue weighted by molar-refractivity contribution is -0.142. The van der Waals surface area contributed by atoms with E-state index in [2.05, 4.69) is 36.6 Å². The minimum absolute atomic E-state index is 0.0170. The van der Waals surface area contributed by atoms with Crippen molar-refractivity contribution in [2.24, 2.45) is 45.9 Å². The number of carbonyl (C=O) groups is 10. The number of carbonyl (C=O) groups excluding carboxylic acids is 10. The van der Waals surface area contributed by atoms with E-state index in [1.165, 1.54) is 44.8 Å². The van der Waals surface area contributed by atoms with Crippen molar-refractivity contribution in [1.29, 1.82) is 0 Å². The van der Waals surface area contributed by atoms with Crippen LogP contribution in [-0.4, -0.2) is 163 Å². The number of para-hydroxylation sites is 1. The number of fused-ring (bicyclic) bond motifs is 1. The van der Waals surface area contributed by atoms with Crippen LogP contribution in [0.4, 0.5) is 0 Å². The van der Waals surface area contributed by atoms with Crippen LogP contribution in [0, 0.1) is 23.7 Å². The Morgan fingerprint density at radius 3 is 2.11 bits per heavy atom. The molecule has 0 bridgehead atoms. The van der Waals surface area contributed by atoms with E-state index in [9.17, 15) is 63.3 Å². The summed E-state index contributed by atoms with van der Waals surface area (Å²) >= 11 is 1.38. The highest BCUT2D eigenvalue weighted by atomic mass is 32.2. The maximum Gasteiger partial charge on any atom is 0.246 e. The normalized spacial score (nSPS) is 18.3. The van der Waals surface area contributed by atoms with Gasteiger partial charge < -0.3 is 69.0 Å². The van der Waals surface area contributed by atoms with Crippen LogP contribution in [0.2, 0.25) is 0 Å². The fourth-order valence-electron chi connectivity index (χ4n) is 11.4. The zero-order chi connectivity index (χ0) is 63.9. The number of aromatic nitrogens is 1. The van der Waals surface area contributed by atoms with Crippen LogP contribution in [0.3, 0.4) is 0 Å². The SMILES string of the molecule is CN=C(N)NCCC[C@H](CC(=O)[C@H](CC(C)C)SCCCC(=O)[C@H](CC1CCCCC1)NC(=O)[C@@H](CC(=O)[C@H](CC(N)=O)NC(=O)[C@@H]1C[C@@H](O)CN1C(=O)[C@@H](Cc1ccc(O)cc1)NC(C)=O)[C@@H](C)O)C(=O)N[C@@H](Cc1c[nH]c2ccccc12)C(N)=O. The Bertz CT molecular complexity index is 2880. The number of rotatable bonds is 36. The van der Waals surface area contributed by atoms with Crippen molar-refractivity contribution in [3.63, 3.8) is 0 Å². The monoisotopic (exact) mass is 1230 g/mol. The molecular weight excluding hydrogens is 1140 g/mol. The number of guanidine groups is 1. The first-order chi connectivity index (χ1) is 41.3. The number of β-amino-alcohol motifs (C(OH)–C–C–N with tert-alkyl or cyclic N) is 1. The summed E-state index contributed by atoms with van der Waals surface area (Å²) in [6, 6.07) is 7.23. The van der Waals surface area contributed by atoms with Gasteiger partial charge in [0.25, 0.3) is 0 Å². The summed E-state index contributed by atoms with van der Waals surface area (Å²) in [6.07, 6.45) is 3.88. The number of benzene rings is 2. The number of hydrogen-bond donors (Lipinski definition) is 12. The standard InChI is InChI=1S/C62H91N11O13S/c1-35(2)25-55(54(80)29-40(15-11-23-67-62(65)66-5)58(83)72-49(57(64)82)28-41-33-68-46-17-10-9-16-44(41)46)87-24-12-18-52(78)47(26-38-13-7-6-8-14-38)70-59(84)45(36(3)74)31-53(79)48(32-56(63)81)71-60(85)51-30-43(77)34-73(51)61(86)50(69-37(4)75)27-39-19-21-42(76)22-20-39/h9-10,16-17,19-22,33,35-36,38,40,43,45,47-51,55,68,74,76-77H,6-8,11-15,18,23-32,34H2,1-5H3,(H2,63,81)(H2,64,82)(H,69,75)(H,70,84)(H,71,85)(H,72,83)(H3,65,66,67)/t36-,40-,43-,45+,47+,48+,49+,50-,51+,55+/m1/s1. The second-order valence-electron chi connectivity index (χ2n) is 23.7. The van der Waals surface area contributed by atoms with Gasteiger partial charge in [-0.2, -0.15) is 11.8 Å². The second-order valence-corrected chi connectivity index (χ2v) is 25.0. The molecule has 1 aliphatic carbocycles. The fourth-order valence-corrected chi connectivity index (χ4v) is 12.8. The first-order valence-corrected chi connectivity index (χ1v) is 31.3. The molecule has 0 radical (unpaired) electrons. The molecular formula is C62H91N11O13S. The third-order valence-electron chi connectivity index (χ3n) is 16.2. The van der Waals surface area contributed by atoms with Gasteiger partial charge in [0.1, 0.15) is 29.7 Å². The molecule has 24 nitrogen and oxygen atoms in total. The molecule has 1 aromatic heterocycles. The number of hydrogen-bond acceptors (Lipinski definition) is 15. The number of ketones is 3. The van der Waals surface area contributed by atoms with Gasteiger partial charge in [-0.3, -0.25) is 52.9 Å². The molecule has 478 valence electrons. The first kappa shape index (κ1) is 70.4. The van der Waals surface area contributed by atoms with Gasteiger partial charge in [0, 0.05) is 88.6 Å². The Balaban J connectivity index is 1.25. The molecule has 25 heteroatoms. The number of aliphatic imine (C=N–C) groups is 1. The number of amides is 7. The minimum atomic E-state index is -1.63. The van der Waals surface area contributed by atoms with Gasteiger partial charge in [0.15, 0.2) is 17.5 Å². The molecule has 2 aromatic carbocycles. The first-order valence-electron chi connectivity index (χ1n) is 30.2. The summed E-state index contributed by atoms with van der Waals surface area (Å²) in [6.45, 7) is 6.55. The Labute approximate surface area is 512 Å². The maximum absolute atomic E-state index is 14.4. The Hall–Kier alpha value is -7.38. The fraction of sp³-hybridized carbons (Fsp3) is 0.597. The Kier molecular flexibility index (Phi) is 28.2. The summed E-state index contributed by atoms with van der Waals surface area (Å²) in [5.41, 5.74) is 19.5. The average Bonchev–Trinajstić information content (AvgIpc) is 3.52. The topological polar surface area (TPSA) is 401 Å². The van der Waals surface area contributed by atoms with Crippen molar-refractivity contribution >= 4 is 87.3 Å². The van der Waals surface area contributed by atoms with Crippen molar-refractivity contribution in [2.45, 2.75) is 185 Å². The van der Waals surface area contributed by atoms with E-state index in [-0.39, 0.29) is 80.2 Å². The number of Topliss-reactive ketones (excluding diaryl/α,β-unsaturated/α-hetero) is 3. The minimum Gasteiger partial charge on any atom is -0.508 e. The number of nitrogens with two attached hydrogens (primary N) is 3. The number of aromatic amines is 1. The van der Waals surface area contributed by atoms with Gasteiger partial charge >= 0.3 is 0 Å². The van der Waals surface area contributed by atoms with Crippen molar-refractivity contribution in [1.82, 2.24) is 36.5 Å². The van der Waals surface area contributed by atoms with Gasteiger partial charge in [0.05, 0.1) is 41.9 Å². The average molecular weight is 1230 g/mol. The number of thioether (sulfide) groups is 1. The van der Waals surface area contributed by atoms with Crippen molar-refractivity contribution < 1.29 is 63.3 Å². The predicted molar refractivity (Wildman–Crippen MR) is 330 cm³/mol. The third-order valence-corrected chi connectivity index (χ3v) is 17.5. The number of primary amides is 2. The van der Waals surface area contributed by atoms with Gasteiger partial charge in [-0.25, -0.2) is 0 Å². The molecule has 87 heavy (non-hydrogen) atoms. The number of nitrogens with one attached hydrogen (secondary N) is 6. The van der Waals surface area contributed by atoms with E-state index < -0.39 is 119 Å².